The van der Waals surface area contributed by atoms with Crippen LogP contribution in [-0.4, -0.2) is 66.6 Å². The lowest BCUT2D eigenvalue weighted by Gasteiger charge is -2.36. The molecule has 0 bridgehead atoms. The van der Waals surface area contributed by atoms with Crippen LogP contribution in [0.5, 0.6) is 0 Å². The largest absolute Gasteiger partial charge is 0.369 e. The Labute approximate surface area is 211 Å². The van der Waals surface area contributed by atoms with Gasteiger partial charge in [-0.25, -0.2) is 18.8 Å². The number of alkyl halides is 2. The fraction of sp³-hybridized carbons (Fsp3) is 0.393. The third-order valence-corrected chi connectivity index (χ3v) is 7.23. The summed E-state index contributed by atoms with van der Waals surface area (Å²) in [6.07, 6.45) is 3.61. The summed E-state index contributed by atoms with van der Waals surface area (Å²) < 4.78 is 26.4. The standard InChI is InChI=1S/C28H32F2N6/c1-18-20(3)32-17-24(18)21-5-6-25-23(15-21)19(2)27(33-25)34-26-16-22(7-9-31-26)36-13-11-35(12-14-36)10-8-28(4,29)30/h5-7,9,15-17,20H,2,8,10-14H2,1,3-4H3,(H,31,33,34). The number of fused-ring (bicyclic) bond motifs is 1. The number of allylic oxidation sites excluding steroid dienone is 1. The Kier molecular flexibility index (Phi) is 6.47. The van der Waals surface area contributed by atoms with E-state index >= 15 is 0 Å². The first-order chi connectivity index (χ1) is 17.2. The van der Waals surface area contributed by atoms with Crippen LogP contribution in [0.1, 0.15) is 38.3 Å². The molecule has 4 heterocycles. The normalized spacial score (nSPS) is 21.5. The number of hydrogen-bond donors (Lipinski definition) is 1. The molecule has 1 atom stereocenters. The highest BCUT2D eigenvalue weighted by Gasteiger charge is 2.25. The van der Waals surface area contributed by atoms with Crippen LogP contribution in [-0.2, 0) is 0 Å². The molecule has 0 saturated carbocycles. The van der Waals surface area contributed by atoms with E-state index < -0.39 is 5.92 Å². The molecule has 1 saturated heterocycles. The second-order valence-corrected chi connectivity index (χ2v) is 9.90. The Morgan fingerprint density at radius 3 is 2.64 bits per heavy atom. The number of piperazine rings is 1. The van der Waals surface area contributed by atoms with E-state index in [1.807, 2.05) is 18.3 Å². The highest BCUT2D eigenvalue weighted by atomic mass is 19.3. The second kappa shape index (κ2) is 9.58. The molecule has 1 N–H and O–H groups in total. The van der Waals surface area contributed by atoms with Crippen molar-refractivity contribution in [2.24, 2.45) is 9.98 Å². The maximum Gasteiger partial charge on any atom is 0.246 e. The molecule has 2 aromatic rings. The second-order valence-electron chi connectivity index (χ2n) is 9.90. The molecule has 0 aliphatic carbocycles. The first-order valence-corrected chi connectivity index (χ1v) is 12.4. The lowest BCUT2D eigenvalue weighted by molar-refractivity contribution is 0.00280. The first kappa shape index (κ1) is 24.3. The number of benzene rings is 1. The summed E-state index contributed by atoms with van der Waals surface area (Å²) in [6.45, 7) is 13.0. The zero-order chi connectivity index (χ0) is 25.4. The van der Waals surface area contributed by atoms with Crippen molar-refractivity contribution in [1.82, 2.24) is 9.88 Å². The van der Waals surface area contributed by atoms with Crippen LogP contribution < -0.4 is 10.2 Å². The highest BCUT2D eigenvalue weighted by Crippen LogP contribution is 2.36. The van der Waals surface area contributed by atoms with E-state index in [9.17, 15) is 8.78 Å². The molecule has 188 valence electrons. The van der Waals surface area contributed by atoms with Gasteiger partial charge in [0.15, 0.2) is 5.82 Å². The van der Waals surface area contributed by atoms with Crippen molar-refractivity contribution in [1.29, 1.82) is 0 Å². The van der Waals surface area contributed by atoms with Gasteiger partial charge in [0.1, 0.15) is 5.84 Å². The Bertz CT molecular complexity index is 1270. The minimum atomic E-state index is -2.62. The summed E-state index contributed by atoms with van der Waals surface area (Å²) in [6, 6.07) is 10.5. The van der Waals surface area contributed by atoms with Crippen molar-refractivity contribution in [3.05, 3.63) is 59.8 Å². The van der Waals surface area contributed by atoms with E-state index in [0.717, 1.165) is 61.2 Å². The van der Waals surface area contributed by atoms with Crippen molar-refractivity contribution in [3.8, 4) is 0 Å². The van der Waals surface area contributed by atoms with E-state index in [2.05, 4.69) is 63.7 Å². The average molecular weight is 491 g/mol. The van der Waals surface area contributed by atoms with Gasteiger partial charge in [-0.15, -0.1) is 0 Å². The molecule has 6 nitrogen and oxygen atoms in total. The number of rotatable bonds is 6. The molecule has 0 spiro atoms. The van der Waals surface area contributed by atoms with Crippen LogP contribution >= 0.6 is 0 Å². The molecule has 0 amide bonds. The van der Waals surface area contributed by atoms with Crippen molar-refractivity contribution in [2.45, 2.75) is 39.2 Å². The number of anilines is 2. The van der Waals surface area contributed by atoms with Gasteiger partial charge >= 0.3 is 0 Å². The summed E-state index contributed by atoms with van der Waals surface area (Å²) >= 11 is 0. The molecule has 3 aliphatic rings. The lowest BCUT2D eigenvalue weighted by atomic mass is 9.97. The number of nitrogens with one attached hydrogen (secondary N) is 1. The number of aliphatic imine (C=N–C) groups is 2. The van der Waals surface area contributed by atoms with Crippen molar-refractivity contribution >= 4 is 40.4 Å². The molecular weight excluding hydrogens is 458 g/mol. The van der Waals surface area contributed by atoms with Crippen LogP contribution in [0.2, 0.25) is 0 Å². The van der Waals surface area contributed by atoms with Gasteiger partial charge in [0.25, 0.3) is 0 Å². The zero-order valence-electron chi connectivity index (χ0n) is 21.1. The maximum atomic E-state index is 13.2. The molecule has 8 heteroatoms. The van der Waals surface area contributed by atoms with Crippen LogP contribution in [0.4, 0.5) is 26.0 Å². The molecule has 36 heavy (non-hydrogen) atoms. The zero-order valence-corrected chi connectivity index (χ0v) is 21.1. The minimum absolute atomic E-state index is 0.103. The molecule has 1 aromatic heterocycles. The number of nitrogens with zero attached hydrogens (tertiary/aromatic N) is 5. The van der Waals surface area contributed by atoms with Crippen LogP contribution in [0, 0.1) is 0 Å². The Morgan fingerprint density at radius 1 is 1.17 bits per heavy atom. The predicted molar refractivity (Wildman–Crippen MR) is 145 cm³/mol. The van der Waals surface area contributed by atoms with Gasteiger partial charge in [-0.3, -0.25) is 9.89 Å². The topological polar surface area (TPSA) is 56.1 Å². The van der Waals surface area contributed by atoms with Crippen molar-refractivity contribution in [2.75, 3.05) is 42.9 Å². The SMILES string of the molecule is C=C1C(=Nc2cc(N3CCN(CCC(C)(F)F)CC3)ccn2)Nc2ccc(C3=C(C)C(C)N=C3)cc21. The van der Waals surface area contributed by atoms with Crippen LogP contribution in [0.3, 0.4) is 0 Å². The number of amidine groups is 1. The monoisotopic (exact) mass is 490 g/mol. The average Bonchev–Trinajstić information content (AvgIpc) is 3.35. The molecule has 5 rings (SSSR count). The number of hydrogen-bond acceptors (Lipinski definition) is 5. The maximum absolute atomic E-state index is 13.2. The fourth-order valence-corrected chi connectivity index (χ4v) is 4.79. The Morgan fingerprint density at radius 2 is 1.94 bits per heavy atom. The van der Waals surface area contributed by atoms with Gasteiger partial charge in [-0.2, -0.15) is 0 Å². The number of halogens is 2. The summed E-state index contributed by atoms with van der Waals surface area (Å²) in [4.78, 5) is 18.1. The van der Waals surface area contributed by atoms with Gasteiger partial charge in [0.2, 0.25) is 5.92 Å². The van der Waals surface area contributed by atoms with Gasteiger partial charge in [-0.05, 0) is 50.1 Å². The molecule has 1 unspecified atom stereocenters. The van der Waals surface area contributed by atoms with E-state index in [0.29, 0.717) is 18.2 Å². The van der Waals surface area contributed by atoms with Crippen molar-refractivity contribution < 1.29 is 8.78 Å². The smallest absolute Gasteiger partial charge is 0.246 e. The van der Waals surface area contributed by atoms with Gasteiger partial charge in [0.05, 0.1) is 6.04 Å². The lowest BCUT2D eigenvalue weighted by Crippen LogP contribution is -2.47. The highest BCUT2D eigenvalue weighted by molar-refractivity contribution is 6.34. The molecule has 1 fully saturated rings. The quantitative estimate of drug-likeness (QED) is 0.567. The van der Waals surface area contributed by atoms with Gasteiger partial charge < -0.3 is 10.2 Å². The summed E-state index contributed by atoms with van der Waals surface area (Å²) in [5.41, 5.74) is 7.45. The number of pyridine rings is 1. The third kappa shape index (κ3) is 5.09. The Balaban J connectivity index is 1.28. The first-order valence-electron chi connectivity index (χ1n) is 12.4. The third-order valence-electron chi connectivity index (χ3n) is 7.23. The van der Waals surface area contributed by atoms with E-state index in [1.165, 1.54) is 11.1 Å². The van der Waals surface area contributed by atoms with Gasteiger partial charge in [-0.1, -0.05) is 12.6 Å². The van der Waals surface area contributed by atoms with Crippen LogP contribution in [0.25, 0.3) is 11.1 Å². The predicted octanol–water partition coefficient (Wildman–Crippen LogP) is 5.66. The summed E-state index contributed by atoms with van der Waals surface area (Å²) in [7, 11) is 0. The Hall–Kier alpha value is -3.39. The van der Waals surface area contributed by atoms with E-state index in [4.69, 9.17) is 4.99 Å². The molecule has 3 aliphatic heterocycles. The summed E-state index contributed by atoms with van der Waals surface area (Å²) in [5.74, 6) is -1.32. The molecule has 1 aromatic carbocycles. The summed E-state index contributed by atoms with van der Waals surface area (Å²) in [5, 5.41) is 3.38. The fourth-order valence-electron chi connectivity index (χ4n) is 4.79. The minimum Gasteiger partial charge on any atom is -0.369 e. The molecule has 0 radical (unpaired) electrons. The van der Waals surface area contributed by atoms with Crippen LogP contribution in [0.15, 0.2) is 58.7 Å². The van der Waals surface area contributed by atoms with Crippen molar-refractivity contribution in [3.63, 3.8) is 0 Å². The van der Waals surface area contributed by atoms with Gasteiger partial charge in [0, 0.05) is 85.7 Å². The number of aromatic nitrogens is 1. The molecular formula is C28H32F2N6. The van der Waals surface area contributed by atoms with E-state index in [1.54, 1.807) is 6.20 Å². The van der Waals surface area contributed by atoms with E-state index in [-0.39, 0.29) is 12.5 Å².